The lowest BCUT2D eigenvalue weighted by molar-refractivity contribution is 0.307. The fourth-order valence-corrected chi connectivity index (χ4v) is 2.33. The topological polar surface area (TPSA) is 32.6 Å². The summed E-state index contributed by atoms with van der Waals surface area (Å²) in [5.74, 6) is 0.798. The number of hydrogen-bond donors (Lipinski definition) is 1. The van der Waals surface area contributed by atoms with Crippen LogP contribution >= 0.6 is 0 Å². The van der Waals surface area contributed by atoms with Gasteiger partial charge in [0, 0.05) is 0 Å². The molecule has 0 aliphatic heterocycles. The molecule has 1 atom stereocenters. The van der Waals surface area contributed by atoms with E-state index in [0.29, 0.717) is 0 Å². The highest BCUT2D eigenvalue weighted by Crippen LogP contribution is 2.26. The molecule has 0 aromatic heterocycles. The van der Waals surface area contributed by atoms with Crippen molar-refractivity contribution in [1.82, 2.24) is 0 Å². The average Bonchev–Trinajstić information content (AvgIpc) is 2.25. The Bertz CT molecular complexity index is 177. The monoisotopic (exact) mass is 197 g/mol. The second kappa shape index (κ2) is 6.86. The predicted octanol–water partition coefficient (Wildman–Crippen LogP) is 3.98. The first kappa shape index (κ1) is 11.5. The van der Waals surface area contributed by atoms with Crippen LogP contribution in [0.3, 0.4) is 0 Å². The molecule has 0 saturated heterocycles. The molecular weight excluding hydrogens is 174 g/mol. The quantitative estimate of drug-likeness (QED) is 0.403. The highest BCUT2D eigenvalue weighted by atomic mass is 16.4. The van der Waals surface area contributed by atoms with Crippen LogP contribution in [-0.2, 0) is 0 Å². The van der Waals surface area contributed by atoms with Crippen LogP contribution < -0.4 is 0 Å². The van der Waals surface area contributed by atoms with E-state index in [1.807, 2.05) is 0 Å². The van der Waals surface area contributed by atoms with Crippen LogP contribution in [-0.4, -0.2) is 10.9 Å². The second-order valence-electron chi connectivity index (χ2n) is 4.48. The van der Waals surface area contributed by atoms with Gasteiger partial charge in [0.2, 0.25) is 0 Å². The summed E-state index contributed by atoms with van der Waals surface area (Å²) in [7, 11) is 0. The van der Waals surface area contributed by atoms with Crippen LogP contribution in [0.4, 0.5) is 0 Å². The molecule has 14 heavy (non-hydrogen) atoms. The fourth-order valence-electron chi connectivity index (χ4n) is 2.33. The Morgan fingerprint density at radius 2 is 2.21 bits per heavy atom. The standard InChI is InChI=1S/C12H23NO/c1-2-3-4-5-7-11-8-6-9-12(10-11)13-14/h11,14H,2-10H2,1H3. The minimum atomic E-state index is 0.798. The van der Waals surface area contributed by atoms with Gasteiger partial charge in [0.25, 0.3) is 0 Å². The Labute approximate surface area is 87.4 Å². The van der Waals surface area contributed by atoms with E-state index >= 15 is 0 Å². The molecule has 1 saturated carbocycles. The van der Waals surface area contributed by atoms with Crippen molar-refractivity contribution in [3.05, 3.63) is 0 Å². The summed E-state index contributed by atoms with van der Waals surface area (Å²) in [6, 6.07) is 0. The van der Waals surface area contributed by atoms with Gasteiger partial charge in [0.05, 0.1) is 5.71 Å². The van der Waals surface area contributed by atoms with Crippen LogP contribution in [0.5, 0.6) is 0 Å². The summed E-state index contributed by atoms with van der Waals surface area (Å²) >= 11 is 0. The third kappa shape index (κ3) is 4.12. The summed E-state index contributed by atoms with van der Waals surface area (Å²) in [6.07, 6.45) is 11.4. The summed E-state index contributed by atoms with van der Waals surface area (Å²) in [5.41, 5.74) is 1.02. The number of hydrogen-bond acceptors (Lipinski definition) is 2. The van der Waals surface area contributed by atoms with Gasteiger partial charge in [-0.3, -0.25) is 0 Å². The maximum Gasteiger partial charge on any atom is 0.0573 e. The van der Waals surface area contributed by atoms with Crippen LogP contribution in [0, 0.1) is 5.92 Å². The van der Waals surface area contributed by atoms with Crippen LogP contribution in [0.15, 0.2) is 5.16 Å². The van der Waals surface area contributed by atoms with E-state index in [9.17, 15) is 0 Å². The van der Waals surface area contributed by atoms with Crippen LogP contribution in [0.1, 0.15) is 64.7 Å². The molecule has 0 radical (unpaired) electrons. The van der Waals surface area contributed by atoms with Crippen molar-refractivity contribution in [2.45, 2.75) is 64.7 Å². The highest BCUT2D eigenvalue weighted by molar-refractivity contribution is 5.84. The van der Waals surface area contributed by atoms with Crippen molar-refractivity contribution in [3.63, 3.8) is 0 Å². The first-order chi connectivity index (χ1) is 6.86. The van der Waals surface area contributed by atoms with Gasteiger partial charge in [-0.05, 0) is 31.6 Å². The van der Waals surface area contributed by atoms with E-state index < -0.39 is 0 Å². The zero-order valence-corrected chi connectivity index (χ0v) is 9.34. The largest absolute Gasteiger partial charge is 0.411 e. The molecule has 2 nitrogen and oxygen atoms in total. The SMILES string of the molecule is CCCCCCC1CCCC(=NO)C1. The van der Waals surface area contributed by atoms with Crippen molar-refractivity contribution >= 4 is 5.71 Å². The molecule has 1 N–H and O–H groups in total. The Hall–Kier alpha value is -0.530. The van der Waals surface area contributed by atoms with Gasteiger partial charge >= 0.3 is 0 Å². The van der Waals surface area contributed by atoms with Gasteiger partial charge in [0.15, 0.2) is 0 Å². The van der Waals surface area contributed by atoms with Crippen LogP contribution in [0.2, 0.25) is 0 Å². The smallest absolute Gasteiger partial charge is 0.0573 e. The van der Waals surface area contributed by atoms with Gasteiger partial charge < -0.3 is 5.21 Å². The Morgan fingerprint density at radius 1 is 1.36 bits per heavy atom. The molecule has 1 aliphatic rings. The van der Waals surface area contributed by atoms with E-state index in [4.69, 9.17) is 5.21 Å². The van der Waals surface area contributed by atoms with E-state index in [1.54, 1.807) is 0 Å². The van der Waals surface area contributed by atoms with Gasteiger partial charge in [-0.2, -0.15) is 0 Å². The first-order valence-corrected chi connectivity index (χ1v) is 6.06. The van der Waals surface area contributed by atoms with Crippen LogP contribution in [0.25, 0.3) is 0 Å². The number of rotatable bonds is 5. The summed E-state index contributed by atoms with van der Waals surface area (Å²) in [4.78, 5) is 0. The Morgan fingerprint density at radius 3 is 2.93 bits per heavy atom. The molecule has 0 amide bonds. The number of unbranched alkanes of at least 4 members (excludes halogenated alkanes) is 3. The predicted molar refractivity (Wildman–Crippen MR) is 59.9 cm³/mol. The van der Waals surface area contributed by atoms with E-state index in [-0.39, 0.29) is 0 Å². The van der Waals surface area contributed by atoms with Crippen molar-refractivity contribution in [2.75, 3.05) is 0 Å². The van der Waals surface area contributed by atoms with Gasteiger partial charge in [-0.25, -0.2) is 0 Å². The molecule has 0 aromatic rings. The third-order valence-electron chi connectivity index (χ3n) is 3.21. The van der Waals surface area contributed by atoms with Crippen molar-refractivity contribution in [2.24, 2.45) is 11.1 Å². The summed E-state index contributed by atoms with van der Waals surface area (Å²) < 4.78 is 0. The lowest BCUT2D eigenvalue weighted by Crippen LogP contribution is -2.15. The number of oxime groups is 1. The zero-order valence-electron chi connectivity index (χ0n) is 9.34. The average molecular weight is 197 g/mol. The van der Waals surface area contributed by atoms with Crippen molar-refractivity contribution in [1.29, 1.82) is 0 Å². The third-order valence-corrected chi connectivity index (χ3v) is 3.21. The minimum Gasteiger partial charge on any atom is -0.411 e. The molecule has 1 fully saturated rings. The molecule has 0 heterocycles. The van der Waals surface area contributed by atoms with E-state index in [1.165, 1.54) is 44.9 Å². The van der Waals surface area contributed by atoms with Gasteiger partial charge in [-0.1, -0.05) is 44.2 Å². The maximum absolute atomic E-state index is 8.71. The molecule has 1 unspecified atom stereocenters. The van der Waals surface area contributed by atoms with Gasteiger partial charge in [-0.15, -0.1) is 0 Å². The summed E-state index contributed by atoms with van der Waals surface area (Å²) in [5, 5.41) is 12.1. The highest BCUT2D eigenvalue weighted by Gasteiger charge is 2.17. The maximum atomic E-state index is 8.71. The second-order valence-corrected chi connectivity index (χ2v) is 4.48. The van der Waals surface area contributed by atoms with E-state index in [2.05, 4.69) is 12.1 Å². The van der Waals surface area contributed by atoms with Gasteiger partial charge in [0.1, 0.15) is 0 Å². The molecule has 2 heteroatoms. The molecule has 1 rings (SSSR count). The molecule has 82 valence electrons. The Kier molecular flexibility index (Phi) is 5.65. The fraction of sp³-hybridized carbons (Fsp3) is 0.917. The number of nitrogens with zero attached hydrogens (tertiary/aromatic N) is 1. The molecule has 0 aromatic carbocycles. The lowest BCUT2D eigenvalue weighted by atomic mass is 9.84. The van der Waals surface area contributed by atoms with Crippen molar-refractivity contribution < 1.29 is 5.21 Å². The summed E-state index contributed by atoms with van der Waals surface area (Å²) in [6.45, 7) is 2.25. The normalized spacial score (nSPS) is 25.5. The molecule has 1 aliphatic carbocycles. The Balaban J connectivity index is 2.11. The zero-order chi connectivity index (χ0) is 10.2. The molecule has 0 bridgehead atoms. The van der Waals surface area contributed by atoms with E-state index in [0.717, 1.165) is 24.5 Å². The molecular formula is C12H23NO. The molecule has 0 spiro atoms. The lowest BCUT2D eigenvalue weighted by Gasteiger charge is -2.22. The minimum absolute atomic E-state index is 0.798. The first-order valence-electron chi connectivity index (χ1n) is 6.06. The van der Waals surface area contributed by atoms with Crippen molar-refractivity contribution in [3.8, 4) is 0 Å².